The van der Waals surface area contributed by atoms with Crippen LogP contribution in [0.5, 0.6) is 0 Å². The second-order valence-corrected chi connectivity index (χ2v) is 7.22. The molecule has 1 aromatic carbocycles. The highest BCUT2D eigenvalue weighted by molar-refractivity contribution is 6.35. The van der Waals surface area contributed by atoms with Crippen LogP contribution in [0.2, 0.25) is 10.0 Å². The summed E-state index contributed by atoms with van der Waals surface area (Å²) < 4.78 is 0. The molecule has 23 heavy (non-hydrogen) atoms. The van der Waals surface area contributed by atoms with Crippen molar-refractivity contribution in [1.29, 1.82) is 0 Å². The topological polar surface area (TPSA) is 49.4 Å². The van der Waals surface area contributed by atoms with Crippen LogP contribution in [0, 0.1) is 5.92 Å². The molecule has 1 unspecified atom stereocenters. The summed E-state index contributed by atoms with van der Waals surface area (Å²) in [4.78, 5) is 26.5. The predicted molar refractivity (Wildman–Crippen MR) is 90.6 cm³/mol. The summed E-state index contributed by atoms with van der Waals surface area (Å²) in [5, 5.41) is 4.10. The van der Waals surface area contributed by atoms with Crippen LogP contribution < -0.4 is 5.32 Å². The molecular weight excluding hydrogens is 335 g/mol. The minimum absolute atomic E-state index is 0.0122. The first-order valence-corrected chi connectivity index (χ1v) is 8.80. The van der Waals surface area contributed by atoms with E-state index in [1.165, 1.54) is 0 Å². The smallest absolute Gasteiger partial charge is 0.227 e. The van der Waals surface area contributed by atoms with E-state index in [4.69, 9.17) is 23.2 Å². The van der Waals surface area contributed by atoms with Gasteiger partial charge in [-0.2, -0.15) is 0 Å². The number of hydrogen-bond acceptors (Lipinski definition) is 2. The Kier molecular flexibility index (Phi) is 5.12. The average molecular weight is 355 g/mol. The first kappa shape index (κ1) is 16.6. The Labute approximate surface area is 146 Å². The Morgan fingerprint density at radius 3 is 2.70 bits per heavy atom. The van der Waals surface area contributed by atoms with Crippen LogP contribution in [0.1, 0.15) is 31.2 Å². The molecule has 1 saturated carbocycles. The Bertz CT molecular complexity index is 617. The van der Waals surface area contributed by atoms with E-state index in [9.17, 15) is 9.59 Å². The molecule has 124 valence electrons. The molecule has 1 atom stereocenters. The molecule has 1 N–H and O–H groups in total. The Morgan fingerprint density at radius 1 is 1.22 bits per heavy atom. The van der Waals surface area contributed by atoms with Crippen LogP contribution in [0.15, 0.2) is 18.2 Å². The summed E-state index contributed by atoms with van der Waals surface area (Å²) in [5.41, 5.74) is 0.769. The zero-order valence-corrected chi connectivity index (χ0v) is 14.4. The molecule has 0 aromatic heterocycles. The van der Waals surface area contributed by atoms with E-state index in [-0.39, 0.29) is 24.2 Å². The summed E-state index contributed by atoms with van der Waals surface area (Å²) in [5.74, 6) is 0.0154. The van der Waals surface area contributed by atoms with Crippen molar-refractivity contribution >= 4 is 35.0 Å². The number of carbonyl (C=O) groups is 2. The molecule has 0 bridgehead atoms. The highest BCUT2D eigenvalue weighted by Gasteiger charge is 2.31. The molecule has 4 nitrogen and oxygen atoms in total. The van der Waals surface area contributed by atoms with E-state index in [1.54, 1.807) is 23.1 Å². The maximum absolute atomic E-state index is 12.5. The number of halogens is 2. The molecule has 1 aliphatic heterocycles. The number of benzene rings is 1. The SMILES string of the molecule is O=C(NC1CC1)C1CCCN(C(=O)Cc2ccc(Cl)cc2Cl)C1. The van der Waals surface area contributed by atoms with Crippen molar-refractivity contribution in [3.63, 3.8) is 0 Å². The first-order valence-electron chi connectivity index (χ1n) is 8.05. The molecule has 0 radical (unpaired) electrons. The molecular formula is C17H20Cl2N2O2. The van der Waals surface area contributed by atoms with Gasteiger partial charge in [-0.05, 0) is 43.4 Å². The van der Waals surface area contributed by atoms with Crippen molar-refractivity contribution in [3.8, 4) is 0 Å². The average Bonchev–Trinajstić information content (AvgIpc) is 3.34. The lowest BCUT2D eigenvalue weighted by Crippen LogP contribution is -2.46. The van der Waals surface area contributed by atoms with Gasteiger partial charge in [0.05, 0.1) is 12.3 Å². The fourth-order valence-electron chi connectivity index (χ4n) is 2.90. The number of likely N-dealkylation sites (tertiary alicyclic amines) is 1. The number of piperidine rings is 1. The van der Waals surface area contributed by atoms with Crippen molar-refractivity contribution in [1.82, 2.24) is 10.2 Å². The zero-order valence-electron chi connectivity index (χ0n) is 12.9. The van der Waals surface area contributed by atoms with Crippen LogP contribution in [0.4, 0.5) is 0 Å². The highest BCUT2D eigenvalue weighted by Crippen LogP contribution is 2.24. The second kappa shape index (κ2) is 7.10. The third kappa shape index (κ3) is 4.39. The standard InChI is InChI=1S/C17H20Cl2N2O2/c18-13-4-3-11(15(19)9-13)8-16(22)21-7-1-2-12(10-21)17(23)20-14-5-6-14/h3-4,9,12,14H,1-2,5-8,10H2,(H,20,23). The van der Waals surface area contributed by atoms with Gasteiger partial charge >= 0.3 is 0 Å². The fourth-order valence-corrected chi connectivity index (χ4v) is 3.38. The van der Waals surface area contributed by atoms with E-state index in [1.807, 2.05) is 0 Å². The van der Waals surface area contributed by atoms with E-state index >= 15 is 0 Å². The molecule has 1 aromatic rings. The molecule has 6 heteroatoms. The van der Waals surface area contributed by atoms with Crippen LogP contribution in [-0.4, -0.2) is 35.8 Å². The van der Waals surface area contributed by atoms with Gasteiger partial charge in [-0.3, -0.25) is 9.59 Å². The van der Waals surface area contributed by atoms with Gasteiger partial charge in [0.1, 0.15) is 0 Å². The van der Waals surface area contributed by atoms with Gasteiger partial charge in [0.15, 0.2) is 0 Å². The van der Waals surface area contributed by atoms with Gasteiger partial charge < -0.3 is 10.2 Å². The molecule has 3 rings (SSSR count). The lowest BCUT2D eigenvalue weighted by atomic mass is 9.96. The monoisotopic (exact) mass is 354 g/mol. The molecule has 1 heterocycles. The Hall–Kier alpha value is -1.26. The molecule has 2 aliphatic rings. The fraction of sp³-hybridized carbons (Fsp3) is 0.529. The second-order valence-electron chi connectivity index (χ2n) is 6.37. The predicted octanol–water partition coefficient (Wildman–Crippen LogP) is 3.05. The van der Waals surface area contributed by atoms with Crippen molar-refractivity contribution in [2.75, 3.05) is 13.1 Å². The Balaban J connectivity index is 1.58. The summed E-state index contributed by atoms with van der Waals surface area (Å²) in [6.07, 6.45) is 4.12. The lowest BCUT2D eigenvalue weighted by Gasteiger charge is -2.32. The van der Waals surface area contributed by atoms with E-state index in [2.05, 4.69) is 5.32 Å². The Morgan fingerprint density at radius 2 is 2.00 bits per heavy atom. The number of hydrogen-bond donors (Lipinski definition) is 1. The van der Waals surface area contributed by atoms with Gasteiger partial charge in [0.25, 0.3) is 0 Å². The molecule has 2 amide bonds. The van der Waals surface area contributed by atoms with Crippen LogP contribution in [-0.2, 0) is 16.0 Å². The van der Waals surface area contributed by atoms with Gasteiger partial charge in [0.2, 0.25) is 11.8 Å². The summed E-state index contributed by atoms with van der Waals surface area (Å²) in [7, 11) is 0. The highest BCUT2D eigenvalue weighted by atomic mass is 35.5. The quantitative estimate of drug-likeness (QED) is 0.903. The number of carbonyl (C=O) groups excluding carboxylic acids is 2. The minimum atomic E-state index is -0.0889. The maximum Gasteiger partial charge on any atom is 0.227 e. The lowest BCUT2D eigenvalue weighted by molar-refractivity contribution is -0.135. The molecule has 1 aliphatic carbocycles. The van der Waals surface area contributed by atoms with Gasteiger partial charge in [0, 0.05) is 29.2 Å². The van der Waals surface area contributed by atoms with Gasteiger partial charge in [-0.15, -0.1) is 0 Å². The summed E-state index contributed by atoms with van der Waals surface area (Å²) in [6, 6.07) is 5.52. The van der Waals surface area contributed by atoms with Gasteiger partial charge in [-0.1, -0.05) is 29.3 Å². The van der Waals surface area contributed by atoms with Crippen molar-refractivity contribution in [2.45, 2.75) is 38.1 Å². The number of nitrogens with one attached hydrogen (secondary N) is 1. The molecule has 0 spiro atoms. The van der Waals surface area contributed by atoms with E-state index in [0.29, 0.717) is 29.2 Å². The number of amides is 2. The zero-order chi connectivity index (χ0) is 16.4. The van der Waals surface area contributed by atoms with Gasteiger partial charge in [-0.25, -0.2) is 0 Å². The largest absolute Gasteiger partial charge is 0.353 e. The summed E-state index contributed by atoms with van der Waals surface area (Å²) in [6.45, 7) is 1.21. The van der Waals surface area contributed by atoms with E-state index in [0.717, 1.165) is 31.2 Å². The van der Waals surface area contributed by atoms with Crippen molar-refractivity contribution in [3.05, 3.63) is 33.8 Å². The third-order valence-corrected chi connectivity index (χ3v) is 5.01. The van der Waals surface area contributed by atoms with Crippen molar-refractivity contribution < 1.29 is 9.59 Å². The maximum atomic E-state index is 12.5. The van der Waals surface area contributed by atoms with Crippen LogP contribution in [0.3, 0.4) is 0 Å². The third-order valence-electron chi connectivity index (χ3n) is 4.43. The number of rotatable bonds is 4. The van der Waals surface area contributed by atoms with Crippen molar-refractivity contribution in [2.24, 2.45) is 5.92 Å². The number of nitrogens with zero attached hydrogens (tertiary/aromatic N) is 1. The molecule has 2 fully saturated rings. The van der Waals surface area contributed by atoms with Crippen LogP contribution in [0.25, 0.3) is 0 Å². The molecule has 1 saturated heterocycles. The first-order chi connectivity index (χ1) is 11.0. The van der Waals surface area contributed by atoms with E-state index < -0.39 is 0 Å². The van der Waals surface area contributed by atoms with Crippen LogP contribution >= 0.6 is 23.2 Å². The summed E-state index contributed by atoms with van der Waals surface area (Å²) >= 11 is 12.0. The normalized spacial score (nSPS) is 21.1. The minimum Gasteiger partial charge on any atom is -0.353 e.